The molecule has 1 aliphatic rings. The van der Waals surface area contributed by atoms with Gasteiger partial charge in [0.2, 0.25) is 0 Å². The van der Waals surface area contributed by atoms with E-state index in [2.05, 4.69) is 22.0 Å². The van der Waals surface area contributed by atoms with E-state index in [1.54, 1.807) is 0 Å². The molecule has 1 unspecified atom stereocenters. The summed E-state index contributed by atoms with van der Waals surface area (Å²) in [5.74, 6) is 0.897. The third-order valence-electron chi connectivity index (χ3n) is 4.83. The Hall–Kier alpha value is -2.66. The van der Waals surface area contributed by atoms with Crippen molar-refractivity contribution in [1.29, 1.82) is 0 Å². The summed E-state index contributed by atoms with van der Waals surface area (Å²) in [7, 11) is 0. The number of anilines is 1. The highest BCUT2D eigenvalue weighted by atomic mass is 35.5. The highest BCUT2D eigenvalue weighted by Crippen LogP contribution is 2.30. The quantitative estimate of drug-likeness (QED) is 0.694. The summed E-state index contributed by atoms with van der Waals surface area (Å²) < 4.78 is 0. The fourth-order valence-electron chi connectivity index (χ4n) is 3.49. The number of rotatable bonds is 2. The molecule has 132 valence electrons. The van der Waals surface area contributed by atoms with Gasteiger partial charge in [0.1, 0.15) is 0 Å². The van der Waals surface area contributed by atoms with Crippen molar-refractivity contribution in [3.8, 4) is 0 Å². The number of hydrogen-bond acceptors (Lipinski definition) is 4. The molecule has 1 aromatic heterocycles. The van der Waals surface area contributed by atoms with Gasteiger partial charge < -0.3 is 9.80 Å². The number of carbonyl (C=O) groups excluding carboxylic acids is 1. The van der Waals surface area contributed by atoms with E-state index in [0.717, 1.165) is 22.2 Å². The highest BCUT2D eigenvalue weighted by Gasteiger charge is 2.29. The summed E-state index contributed by atoms with van der Waals surface area (Å²) in [4.78, 5) is 16.8. The van der Waals surface area contributed by atoms with Crippen LogP contribution in [0.5, 0.6) is 0 Å². The normalized spacial score (nSPS) is 17.5. The number of piperazine rings is 1. The molecule has 0 radical (unpaired) electrons. The zero-order valence-corrected chi connectivity index (χ0v) is 15.2. The average Bonchev–Trinajstić information content (AvgIpc) is 2.69. The van der Waals surface area contributed by atoms with Crippen molar-refractivity contribution < 1.29 is 4.79 Å². The molecule has 0 aliphatic carbocycles. The molecule has 6 heteroatoms. The first-order valence-corrected chi connectivity index (χ1v) is 9.05. The van der Waals surface area contributed by atoms with Gasteiger partial charge in [0.05, 0.1) is 0 Å². The molecular weight excluding hydrogens is 348 g/mol. The SMILES string of the molecule is CC1CN(C(=O)c2ccccc2)CCN1c1nnc(Cl)c2ccccc12. The molecule has 2 aromatic carbocycles. The summed E-state index contributed by atoms with van der Waals surface area (Å²) in [5, 5.41) is 10.8. The number of amides is 1. The van der Waals surface area contributed by atoms with Crippen LogP contribution in [-0.2, 0) is 0 Å². The standard InChI is InChI=1S/C20H19ClN4O/c1-14-13-24(20(26)15-7-3-2-4-8-15)11-12-25(14)19-17-10-6-5-9-16(17)18(21)22-23-19/h2-10,14H,11-13H2,1H3. The van der Waals surface area contributed by atoms with Crippen molar-refractivity contribution in [3.05, 3.63) is 65.3 Å². The monoisotopic (exact) mass is 366 g/mol. The van der Waals surface area contributed by atoms with Crippen molar-refractivity contribution in [1.82, 2.24) is 15.1 Å². The predicted octanol–water partition coefficient (Wildman–Crippen LogP) is 3.63. The minimum absolute atomic E-state index is 0.0733. The molecule has 1 aliphatic heterocycles. The molecule has 1 amide bonds. The van der Waals surface area contributed by atoms with Crippen molar-refractivity contribution >= 4 is 34.1 Å². The van der Waals surface area contributed by atoms with Gasteiger partial charge >= 0.3 is 0 Å². The van der Waals surface area contributed by atoms with Crippen LogP contribution in [0, 0.1) is 0 Å². The van der Waals surface area contributed by atoms with Crippen LogP contribution in [0.4, 0.5) is 5.82 Å². The van der Waals surface area contributed by atoms with Crippen molar-refractivity contribution in [2.24, 2.45) is 0 Å². The van der Waals surface area contributed by atoms with Gasteiger partial charge in [-0.3, -0.25) is 4.79 Å². The number of aromatic nitrogens is 2. The van der Waals surface area contributed by atoms with Crippen LogP contribution >= 0.6 is 11.6 Å². The molecule has 1 saturated heterocycles. The second-order valence-corrected chi connectivity index (χ2v) is 6.88. The molecule has 2 heterocycles. The number of benzene rings is 2. The smallest absolute Gasteiger partial charge is 0.253 e. The minimum atomic E-state index is 0.0733. The van der Waals surface area contributed by atoms with E-state index >= 15 is 0 Å². The second kappa shape index (κ2) is 6.92. The third-order valence-corrected chi connectivity index (χ3v) is 5.11. The van der Waals surface area contributed by atoms with Crippen molar-refractivity contribution in [2.75, 3.05) is 24.5 Å². The topological polar surface area (TPSA) is 49.3 Å². The summed E-state index contributed by atoms with van der Waals surface area (Å²) in [6.07, 6.45) is 0. The summed E-state index contributed by atoms with van der Waals surface area (Å²) in [6.45, 7) is 4.11. The third kappa shape index (κ3) is 2.99. The molecule has 4 rings (SSSR count). The van der Waals surface area contributed by atoms with Gasteiger partial charge in [0.25, 0.3) is 5.91 Å². The zero-order chi connectivity index (χ0) is 18.1. The lowest BCUT2D eigenvalue weighted by atomic mass is 10.1. The Morgan fingerprint density at radius 3 is 2.42 bits per heavy atom. The number of nitrogens with zero attached hydrogens (tertiary/aromatic N) is 4. The van der Waals surface area contributed by atoms with E-state index in [4.69, 9.17) is 11.6 Å². The summed E-state index contributed by atoms with van der Waals surface area (Å²) in [5.41, 5.74) is 0.727. The van der Waals surface area contributed by atoms with E-state index in [1.165, 1.54) is 0 Å². The maximum absolute atomic E-state index is 12.7. The summed E-state index contributed by atoms with van der Waals surface area (Å²) >= 11 is 6.19. The first-order valence-electron chi connectivity index (χ1n) is 8.67. The van der Waals surface area contributed by atoms with Crippen LogP contribution in [0.3, 0.4) is 0 Å². The molecule has 1 fully saturated rings. The molecule has 0 N–H and O–H groups in total. The van der Waals surface area contributed by atoms with Crippen LogP contribution in [0.15, 0.2) is 54.6 Å². The second-order valence-electron chi connectivity index (χ2n) is 6.52. The molecule has 0 saturated carbocycles. The van der Waals surface area contributed by atoms with Crippen LogP contribution in [0.2, 0.25) is 5.15 Å². The lowest BCUT2D eigenvalue weighted by Crippen LogP contribution is -2.54. The predicted molar refractivity (Wildman–Crippen MR) is 104 cm³/mol. The highest BCUT2D eigenvalue weighted by molar-refractivity contribution is 6.34. The Morgan fingerprint density at radius 1 is 1.00 bits per heavy atom. The number of hydrogen-bond donors (Lipinski definition) is 0. The fourth-order valence-corrected chi connectivity index (χ4v) is 3.69. The van der Waals surface area contributed by atoms with Gasteiger partial charge in [-0.05, 0) is 19.1 Å². The van der Waals surface area contributed by atoms with Gasteiger partial charge in [0.15, 0.2) is 11.0 Å². The molecule has 1 atom stereocenters. The largest absolute Gasteiger partial charge is 0.348 e. The molecule has 3 aromatic rings. The van der Waals surface area contributed by atoms with Gasteiger partial charge in [-0.2, -0.15) is 0 Å². The van der Waals surface area contributed by atoms with Gasteiger partial charge in [-0.15, -0.1) is 10.2 Å². The molecular formula is C20H19ClN4O. The minimum Gasteiger partial charge on any atom is -0.348 e. The van der Waals surface area contributed by atoms with E-state index in [-0.39, 0.29) is 11.9 Å². The van der Waals surface area contributed by atoms with Gasteiger partial charge in [-0.25, -0.2) is 0 Å². The first kappa shape index (κ1) is 16.8. The lowest BCUT2D eigenvalue weighted by molar-refractivity contribution is 0.0726. The maximum atomic E-state index is 12.7. The molecule has 0 spiro atoms. The molecule has 0 bridgehead atoms. The zero-order valence-electron chi connectivity index (χ0n) is 14.5. The Morgan fingerprint density at radius 2 is 1.69 bits per heavy atom. The first-order chi connectivity index (χ1) is 12.6. The van der Waals surface area contributed by atoms with Crippen molar-refractivity contribution in [3.63, 3.8) is 0 Å². The van der Waals surface area contributed by atoms with Crippen LogP contribution in [-0.4, -0.2) is 46.7 Å². The molecule has 5 nitrogen and oxygen atoms in total. The van der Waals surface area contributed by atoms with E-state index < -0.39 is 0 Å². The number of halogens is 1. The fraction of sp³-hybridized carbons (Fsp3) is 0.250. The van der Waals surface area contributed by atoms with Crippen LogP contribution < -0.4 is 4.90 Å². The van der Waals surface area contributed by atoms with E-state index in [0.29, 0.717) is 24.8 Å². The maximum Gasteiger partial charge on any atom is 0.253 e. The number of fused-ring (bicyclic) bond motifs is 1. The van der Waals surface area contributed by atoms with Crippen LogP contribution in [0.1, 0.15) is 17.3 Å². The Bertz CT molecular complexity index is 947. The van der Waals surface area contributed by atoms with E-state index in [9.17, 15) is 4.79 Å². The van der Waals surface area contributed by atoms with Crippen LogP contribution in [0.25, 0.3) is 10.8 Å². The Balaban J connectivity index is 1.59. The van der Waals surface area contributed by atoms with Crippen molar-refractivity contribution in [2.45, 2.75) is 13.0 Å². The van der Waals surface area contributed by atoms with Gasteiger partial charge in [-0.1, -0.05) is 54.1 Å². The molecule has 26 heavy (non-hydrogen) atoms. The lowest BCUT2D eigenvalue weighted by Gasteiger charge is -2.40. The van der Waals surface area contributed by atoms with E-state index in [1.807, 2.05) is 59.5 Å². The average molecular weight is 367 g/mol. The Kier molecular flexibility index (Phi) is 4.47. The summed E-state index contributed by atoms with van der Waals surface area (Å²) in [6, 6.07) is 17.4. The van der Waals surface area contributed by atoms with Gasteiger partial charge in [0, 0.05) is 42.0 Å². The Labute approximate surface area is 157 Å². The number of carbonyl (C=O) groups is 1.